The van der Waals surface area contributed by atoms with Gasteiger partial charge in [0.25, 0.3) is 0 Å². The summed E-state index contributed by atoms with van der Waals surface area (Å²) in [5, 5.41) is 33.2. The Morgan fingerprint density at radius 2 is 0.727 bits per heavy atom. The maximum atomic E-state index is 12.4. The van der Waals surface area contributed by atoms with Gasteiger partial charge in [-0.3, -0.25) is 4.79 Å². The SMILES string of the molecule is CCCCCCCCCCCCCCCCCCC(O)C(CO)NC(=O)C(O)CCCCCCCCCCCCCCCC. The highest BCUT2D eigenvalue weighted by Gasteiger charge is 2.23. The van der Waals surface area contributed by atoms with Crippen LogP contribution in [0.3, 0.4) is 0 Å². The Morgan fingerprint density at radius 3 is 1.02 bits per heavy atom. The average Bonchev–Trinajstić information content (AvgIpc) is 3.03. The van der Waals surface area contributed by atoms with E-state index < -0.39 is 24.2 Å². The number of rotatable bonds is 36. The van der Waals surface area contributed by atoms with Crippen LogP contribution in [0.25, 0.3) is 0 Å². The molecule has 0 aromatic heterocycles. The normalized spacial score (nSPS) is 13.7. The van der Waals surface area contributed by atoms with E-state index in [4.69, 9.17) is 0 Å². The van der Waals surface area contributed by atoms with Crippen molar-refractivity contribution in [1.82, 2.24) is 5.32 Å². The van der Waals surface area contributed by atoms with Crippen molar-refractivity contribution in [3.63, 3.8) is 0 Å². The van der Waals surface area contributed by atoms with Crippen molar-refractivity contribution in [2.75, 3.05) is 6.61 Å². The van der Waals surface area contributed by atoms with Crippen molar-refractivity contribution < 1.29 is 20.1 Å². The van der Waals surface area contributed by atoms with Gasteiger partial charge in [-0.15, -0.1) is 0 Å². The van der Waals surface area contributed by atoms with Crippen molar-refractivity contribution in [2.45, 2.75) is 238 Å². The predicted molar refractivity (Wildman–Crippen MR) is 190 cm³/mol. The average molecular weight is 626 g/mol. The molecule has 1 amide bonds. The van der Waals surface area contributed by atoms with E-state index >= 15 is 0 Å². The van der Waals surface area contributed by atoms with Crippen LogP contribution in [0.1, 0.15) is 219 Å². The first-order chi connectivity index (χ1) is 21.6. The van der Waals surface area contributed by atoms with Gasteiger partial charge in [0.15, 0.2) is 0 Å². The van der Waals surface area contributed by atoms with Crippen LogP contribution in [0.15, 0.2) is 0 Å². The lowest BCUT2D eigenvalue weighted by Gasteiger charge is -2.23. The third kappa shape index (κ3) is 30.0. The molecule has 0 bridgehead atoms. The number of unbranched alkanes of at least 4 members (excludes halogenated alkanes) is 28. The standard InChI is InChI=1S/C39H79NO4/c1-3-5-7-9-11-13-15-17-19-20-22-23-25-27-29-31-33-37(42)36(35-41)40-39(44)38(43)34-32-30-28-26-24-21-18-16-14-12-10-8-6-4-2/h36-38,41-43H,3-35H2,1-2H3,(H,40,44). The lowest BCUT2D eigenvalue weighted by molar-refractivity contribution is -0.131. The summed E-state index contributed by atoms with van der Waals surface area (Å²) in [6.07, 6.45) is 38.0. The molecule has 5 nitrogen and oxygen atoms in total. The number of carbonyl (C=O) groups is 1. The van der Waals surface area contributed by atoms with Gasteiger partial charge in [-0.2, -0.15) is 0 Å². The molecule has 0 aliphatic heterocycles. The quantitative estimate of drug-likeness (QED) is 0.0521. The molecule has 0 aromatic carbocycles. The Bertz CT molecular complexity index is 572. The Balaban J connectivity index is 3.63. The Hall–Kier alpha value is -0.650. The molecular formula is C39H79NO4. The molecule has 0 saturated heterocycles. The van der Waals surface area contributed by atoms with Crippen LogP contribution in [-0.4, -0.2) is 46.1 Å². The van der Waals surface area contributed by atoms with Crippen molar-refractivity contribution >= 4 is 5.91 Å². The van der Waals surface area contributed by atoms with Gasteiger partial charge in [0.2, 0.25) is 5.91 Å². The van der Waals surface area contributed by atoms with Gasteiger partial charge in [0.05, 0.1) is 18.8 Å². The number of amides is 1. The minimum Gasteiger partial charge on any atom is -0.394 e. The summed E-state index contributed by atoms with van der Waals surface area (Å²) < 4.78 is 0. The van der Waals surface area contributed by atoms with E-state index in [9.17, 15) is 20.1 Å². The van der Waals surface area contributed by atoms with Gasteiger partial charge in [0.1, 0.15) is 6.10 Å². The zero-order valence-electron chi connectivity index (χ0n) is 29.8. The molecule has 0 spiro atoms. The maximum absolute atomic E-state index is 12.4. The van der Waals surface area contributed by atoms with E-state index in [1.165, 1.54) is 161 Å². The van der Waals surface area contributed by atoms with Crippen LogP contribution in [0.4, 0.5) is 0 Å². The fourth-order valence-electron chi connectivity index (χ4n) is 6.31. The summed E-state index contributed by atoms with van der Waals surface area (Å²) in [6.45, 7) is 4.23. The van der Waals surface area contributed by atoms with Crippen LogP contribution in [0.5, 0.6) is 0 Å². The largest absolute Gasteiger partial charge is 0.394 e. The molecule has 0 heterocycles. The Kier molecular flexibility index (Phi) is 34.7. The molecule has 0 fully saturated rings. The van der Waals surface area contributed by atoms with Gasteiger partial charge in [-0.05, 0) is 12.8 Å². The first-order valence-electron chi connectivity index (χ1n) is 19.8. The van der Waals surface area contributed by atoms with Crippen LogP contribution >= 0.6 is 0 Å². The zero-order chi connectivity index (χ0) is 32.4. The van der Waals surface area contributed by atoms with Crippen molar-refractivity contribution in [3.8, 4) is 0 Å². The highest BCUT2D eigenvalue weighted by Crippen LogP contribution is 2.16. The minimum absolute atomic E-state index is 0.308. The molecule has 0 aromatic rings. The van der Waals surface area contributed by atoms with E-state index in [1.807, 2.05) is 0 Å². The summed E-state index contributed by atoms with van der Waals surface area (Å²) in [4.78, 5) is 12.4. The first-order valence-corrected chi connectivity index (χ1v) is 19.8. The second kappa shape index (κ2) is 35.2. The van der Waals surface area contributed by atoms with Crippen LogP contribution in [-0.2, 0) is 4.79 Å². The van der Waals surface area contributed by atoms with E-state index in [1.54, 1.807) is 0 Å². The highest BCUT2D eigenvalue weighted by molar-refractivity contribution is 5.80. The molecule has 4 N–H and O–H groups in total. The summed E-state index contributed by atoms with van der Waals surface area (Å²) in [7, 11) is 0. The topological polar surface area (TPSA) is 89.8 Å². The third-order valence-corrected chi connectivity index (χ3v) is 9.48. The van der Waals surface area contributed by atoms with Crippen LogP contribution in [0, 0.1) is 0 Å². The van der Waals surface area contributed by atoms with Gasteiger partial charge in [-0.1, -0.05) is 206 Å². The number of carbonyl (C=O) groups excluding carboxylic acids is 1. The van der Waals surface area contributed by atoms with Gasteiger partial charge < -0.3 is 20.6 Å². The maximum Gasteiger partial charge on any atom is 0.249 e. The molecule has 264 valence electrons. The fraction of sp³-hybridized carbons (Fsp3) is 0.974. The van der Waals surface area contributed by atoms with Crippen LogP contribution in [0.2, 0.25) is 0 Å². The molecule has 0 aliphatic rings. The van der Waals surface area contributed by atoms with Gasteiger partial charge in [0, 0.05) is 0 Å². The molecule has 0 aliphatic carbocycles. The monoisotopic (exact) mass is 626 g/mol. The predicted octanol–water partition coefficient (Wildman–Crippen LogP) is 10.7. The van der Waals surface area contributed by atoms with Gasteiger partial charge >= 0.3 is 0 Å². The molecule has 0 rings (SSSR count). The number of aliphatic hydroxyl groups excluding tert-OH is 3. The number of hydrogen-bond acceptors (Lipinski definition) is 4. The molecule has 3 unspecified atom stereocenters. The molecule has 44 heavy (non-hydrogen) atoms. The smallest absolute Gasteiger partial charge is 0.249 e. The fourth-order valence-corrected chi connectivity index (χ4v) is 6.31. The Labute approximate surface area is 275 Å². The highest BCUT2D eigenvalue weighted by atomic mass is 16.3. The zero-order valence-corrected chi connectivity index (χ0v) is 29.8. The number of aliphatic hydroxyl groups is 3. The molecular weight excluding hydrogens is 546 g/mol. The van der Waals surface area contributed by atoms with Crippen molar-refractivity contribution in [1.29, 1.82) is 0 Å². The molecule has 5 heteroatoms. The molecule has 0 radical (unpaired) electrons. The third-order valence-electron chi connectivity index (χ3n) is 9.48. The van der Waals surface area contributed by atoms with Crippen LogP contribution < -0.4 is 5.32 Å². The summed E-state index contributed by atoms with van der Waals surface area (Å²) >= 11 is 0. The second-order valence-electron chi connectivity index (χ2n) is 13.9. The van der Waals surface area contributed by atoms with E-state index in [2.05, 4.69) is 19.2 Å². The minimum atomic E-state index is -1.07. The second-order valence-corrected chi connectivity index (χ2v) is 13.9. The number of nitrogens with one attached hydrogen (secondary N) is 1. The first kappa shape index (κ1) is 43.4. The van der Waals surface area contributed by atoms with E-state index in [0.717, 1.165) is 32.1 Å². The summed E-state index contributed by atoms with van der Waals surface area (Å²) in [5.41, 5.74) is 0. The number of hydrogen-bond donors (Lipinski definition) is 4. The van der Waals surface area contributed by atoms with Crippen molar-refractivity contribution in [2.24, 2.45) is 0 Å². The summed E-state index contributed by atoms with van der Waals surface area (Å²) in [6, 6.07) is -0.704. The molecule has 3 atom stereocenters. The van der Waals surface area contributed by atoms with E-state index in [-0.39, 0.29) is 6.61 Å². The molecule has 0 saturated carbocycles. The van der Waals surface area contributed by atoms with Gasteiger partial charge in [-0.25, -0.2) is 0 Å². The lowest BCUT2D eigenvalue weighted by atomic mass is 10.0. The summed E-state index contributed by atoms with van der Waals surface area (Å²) in [5.74, 6) is -0.468. The van der Waals surface area contributed by atoms with Crippen molar-refractivity contribution in [3.05, 3.63) is 0 Å². The Morgan fingerprint density at radius 1 is 0.455 bits per heavy atom. The van der Waals surface area contributed by atoms with E-state index in [0.29, 0.717) is 12.8 Å². The lowest BCUT2D eigenvalue weighted by Crippen LogP contribution is -2.49.